The molecule has 1 aromatic rings. The van der Waals surface area contributed by atoms with E-state index < -0.39 is 0 Å². The van der Waals surface area contributed by atoms with Crippen LogP contribution >= 0.6 is 11.3 Å². The Hall–Kier alpha value is -0.340. The highest BCUT2D eigenvalue weighted by molar-refractivity contribution is 7.10. The Morgan fingerprint density at radius 1 is 1.58 bits per heavy atom. The summed E-state index contributed by atoms with van der Waals surface area (Å²) in [6, 6.07) is 4.25. The lowest BCUT2D eigenvalue weighted by Gasteiger charge is -1.97. The van der Waals surface area contributed by atoms with Gasteiger partial charge in [-0.25, -0.2) is 0 Å². The third kappa shape index (κ3) is 1.70. The topological polar surface area (TPSA) is 12.5 Å². The summed E-state index contributed by atoms with van der Waals surface area (Å²) in [4.78, 5) is 1.39. The number of hydrogen-bond donors (Lipinski definition) is 0. The van der Waals surface area contributed by atoms with Crippen molar-refractivity contribution in [3.63, 3.8) is 0 Å². The van der Waals surface area contributed by atoms with Gasteiger partial charge in [-0.3, -0.25) is 0 Å². The molecule has 0 spiro atoms. The third-order valence-electron chi connectivity index (χ3n) is 2.11. The van der Waals surface area contributed by atoms with Gasteiger partial charge in [0.05, 0.1) is 6.10 Å². The molecular formula is C10H14OS. The van der Waals surface area contributed by atoms with Gasteiger partial charge in [0.15, 0.2) is 0 Å². The van der Waals surface area contributed by atoms with E-state index in [-0.39, 0.29) is 0 Å². The Morgan fingerprint density at radius 2 is 2.42 bits per heavy atom. The van der Waals surface area contributed by atoms with E-state index in [0.717, 1.165) is 5.92 Å². The van der Waals surface area contributed by atoms with E-state index in [4.69, 9.17) is 4.74 Å². The largest absolute Gasteiger partial charge is 0.364 e. The molecule has 0 radical (unpaired) electrons. The molecule has 1 nitrogen and oxygen atoms in total. The second-order valence-electron chi connectivity index (χ2n) is 3.74. The fourth-order valence-electron chi connectivity index (χ4n) is 1.49. The molecule has 0 N–H and O–H groups in total. The normalized spacial score (nSPS) is 27.9. The molecule has 2 rings (SSSR count). The molecule has 66 valence electrons. The van der Waals surface area contributed by atoms with Crippen LogP contribution < -0.4 is 0 Å². The molecule has 0 aromatic carbocycles. The summed E-state index contributed by atoms with van der Waals surface area (Å²) in [5.74, 6) is 0.750. The van der Waals surface area contributed by atoms with Crippen LogP contribution in [0.5, 0.6) is 0 Å². The van der Waals surface area contributed by atoms with Crippen LogP contribution in [0.3, 0.4) is 0 Å². The average molecular weight is 182 g/mol. The van der Waals surface area contributed by atoms with Crippen molar-refractivity contribution in [1.82, 2.24) is 0 Å². The van der Waals surface area contributed by atoms with Crippen molar-refractivity contribution < 1.29 is 4.74 Å². The van der Waals surface area contributed by atoms with Crippen molar-refractivity contribution in [2.45, 2.75) is 32.5 Å². The highest BCUT2D eigenvalue weighted by Crippen LogP contribution is 2.43. The van der Waals surface area contributed by atoms with E-state index in [9.17, 15) is 0 Å². The lowest BCUT2D eigenvalue weighted by atomic mass is 10.1. The zero-order valence-electron chi connectivity index (χ0n) is 7.49. The van der Waals surface area contributed by atoms with E-state index in [1.54, 1.807) is 11.3 Å². The van der Waals surface area contributed by atoms with E-state index in [0.29, 0.717) is 12.2 Å². The summed E-state index contributed by atoms with van der Waals surface area (Å²) >= 11 is 1.80. The lowest BCUT2D eigenvalue weighted by molar-refractivity contribution is 0.349. The molecular weight excluding hydrogens is 168 g/mol. The highest BCUT2D eigenvalue weighted by atomic mass is 32.1. The first kappa shape index (κ1) is 8.27. The molecule has 0 saturated carbocycles. The zero-order chi connectivity index (χ0) is 8.55. The minimum absolute atomic E-state index is 0.424. The molecule has 1 aromatic heterocycles. The predicted octanol–water partition coefficient (Wildman–Crippen LogP) is 3.23. The quantitative estimate of drug-likeness (QED) is 0.654. The highest BCUT2D eigenvalue weighted by Gasteiger charge is 2.40. The summed E-state index contributed by atoms with van der Waals surface area (Å²) < 4.78 is 5.58. The number of hydrogen-bond acceptors (Lipinski definition) is 2. The van der Waals surface area contributed by atoms with E-state index in [1.165, 1.54) is 11.3 Å². The molecule has 0 aliphatic carbocycles. The molecule has 1 aliphatic rings. The molecule has 1 fully saturated rings. The minimum atomic E-state index is 0.424. The number of ether oxygens (including phenoxy) is 1. The van der Waals surface area contributed by atoms with Crippen LogP contribution in [-0.2, 0) is 4.74 Å². The molecule has 0 unspecified atom stereocenters. The predicted molar refractivity (Wildman–Crippen MR) is 51.4 cm³/mol. The van der Waals surface area contributed by atoms with E-state index >= 15 is 0 Å². The molecule has 1 saturated heterocycles. The van der Waals surface area contributed by atoms with E-state index in [1.807, 2.05) is 0 Å². The van der Waals surface area contributed by atoms with Gasteiger partial charge in [0.25, 0.3) is 0 Å². The van der Waals surface area contributed by atoms with Crippen LogP contribution in [0.25, 0.3) is 0 Å². The van der Waals surface area contributed by atoms with Gasteiger partial charge in [0, 0.05) is 4.88 Å². The summed E-state index contributed by atoms with van der Waals surface area (Å²) in [5, 5.41) is 2.11. The summed E-state index contributed by atoms with van der Waals surface area (Å²) in [6.07, 6.45) is 2.12. The molecule has 1 aliphatic heterocycles. The Labute approximate surface area is 77.4 Å². The van der Waals surface area contributed by atoms with Crippen LogP contribution in [0.2, 0.25) is 0 Å². The van der Waals surface area contributed by atoms with Crippen LogP contribution in [0.4, 0.5) is 0 Å². The fraction of sp³-hybridized carbons (Fsp3) is 0.600. The Morgan fingerprint density at radius 3 is 3.00 bits per heavy atom. The van der Waals surface area contributed by atoms with Crippen LogP contribution in [0.15, 0.2) is 17.5 Å². The molecule has 0 bridgehead atoms. The molecule has 2 atom stereocenters. The third-order valence-corrected chi connectivity index (χ3v) is 3.04. The van der Waals surface area contributed by atoms with Crippen LogP contribution in [0, 0.1) is 5.92 Å². The zero-order valence-corrected chi connectivity index (χ0v) is 8.30. The van der Waals surface area contributed by atoms with E-state index in [2.05, 4.69) is 31.4 Å². The van der Waals surface area contributed by atoms with Gasteiger partial charge in [0.2, 0.25) is 0 Å². The van der Waals surface area contributed by atoms with Crippen LogP contribution in [0.1, 0.15) is 31.2 Å². The standard InChI is InChI=1S/C10H14OS/c1-7(2)6-8-10(11-8)9-4-3-5-12-9/h3-5,7-8,10H,6H2,1-2H3/t8-,10+/m0/s1. The number of rotatable bonds is 3. The Balaban J connectivity index is 1.88. The second-order valence-corrected chi connectivity index (χ2v) is 4.72. The second kappa shape index (κ2) is 3.19. The van der Waals surface area contributed by atoms with Gasteiger partial charge in [-0.05, 0) is 23.8 Å². The summed E-state index contributed by atoms with van der Waals surface area (Å²) in [6.45, 7) is 4.49. The lowest BCUT2D eigenvalue weighted by Crippen LogP contribution is -1.94. The first-order valence-corrected chi connectivity index (χ1v) is 5.34. The van der Waals surface area contributed by atoms with Crippen molar-refractivity contribution >= 4 is 11.3 Å². The van der Waals surface area contributed by atoms with Gasteiger partial charge in [-0.2, -0.15) is 0 Å². The smallest absolute Gasteiger partial charge is 0.118 e. The molecule has 0 amide bonds. The maximum atomic E-state index is 5.58. The molecule has 2 heteroatoms. The maximum absolute atomic E-state index is 5.58. The van der Waals surface area contributed by atoms with Gasteiger partial charge in [-0.1, -0.05) is 19.9 Å². The number of thiophene rings is 1. The summed E-state index contributed by atoms with van der Waals surface area (Å²) in [7, 11) is 0. The van der Waals surface area contributed by atoms with Crippen molar-refractivity contribution in [2.75, 3.05) is 0 Å². The van der Waals surface area contributed by atoms with Crippen molar-refractivity contribution in [3.05, 3.63) is 22.4 Å². The monoisotopic (exact) mass is 182 g/mol. The van der Waals surface area contributed by atoms with Crippen molar-refractivity contribution in [3.8, 4) is 0 Å². The molecule has 12 heavy (non-hydrogen) atoms. The van der Waals surface area contributed by atoms with Gasteiger partial charge in [-0.15, -0.1) is 11.3 Å². The first-order valence-electron chi connectivity index (χ1n) is 4.46. The SMILES string of the molecule is CC(C)C[C@@H]1O[C@H]1c1cccs1. The number of epoxide rings is 1. The van der Waals surface area contributed by atoms with Gasteiger partial charge in [0.1, 0.15) is 6.10 Å². The first-order chi connectivity index (χ1) is 5.77. The van der Waals surface area contributed by atoms with Crippen LogP contribution in [-0.4, -0.2) is 6.10 Å². The average Bonchev–Trinajstić information content (AvgIpc) is 2.59. The van der Waals surface area contributed by atoms with Crippen molar-refractivity contribution in [1.29, 1.82) is 0 Å². The maximum Gasteiger partial charge on any atom is 0.118 e. The van der Waals surface area contributed by atoms with Gasteiger partial charge >= 0.3 is 0 Å². The fourth-order valence-corrected chi connectivity index (χ4v) is 2.30. The van der Waals surface area contributed by atoms with Crippen molar-refractivity contribution in [2.24, 2.45) is 5.92 Å². The minimum Gasteiger partial charge on any atom is -0.364 e. The summed E-state index contributed by atoms with van der Waals surface area (Å²) in [5.41, 5.74) is 0. The Kier molecular flexibility index (Phi) is 2.20. The Bertz CT molecular complexity index is 240. The van der Waals surface area contributed by atoms with Gasteiger partial charge < -0.3 is 4.74 Å². The molecule has 2 heterocycles.